The van der Waals surface area contributed by atoms with E-state index >= 15 is 0 Å². The zero-order valence-electron chi connectivity index (χ0n) is 13.9. The van der Waals surface area contributed by atoms with Crippen LogP contribution in [-0.2, 0) is 4.74 Å². The van der Waals surface area contributed by atoms with Crippen molar-refractivity contribution >= 4 is 6.03 Å². The smallest absolute Gasteiger partial charge is 0.317 e. The summed E-state index contributed by atoms with van der Waals surface area (Å²) in [5, 5.41) is 16.1. The Labute approximate surface area is 133 Å². The minimum absolute atomic E-state index is 0.116. The minimum atomic E-state index is -0.205. The first-order valence-electron chi connectivity index (χ1n) is 8.46. The third kappa shape index (κ3) is 5.39. The molecule has 5 N–H and O–H groups in total. The summed E-state index contributed by atoms with van der Waals surface area (Å²) < 4.78 is 5.36. The quantitative estimate of drug-likeness (QED) is 0.508. The van der Waals surface area contributed by atoms with Gasteiger partial charge in [-0.15, -0.1) is 0 Å². The van der Waals surface area contributed by atoms with Crippen LogP contribution in [0.2, 0.25) is 0 Å². The van der Waals surface area contributed by atoms with Gasteiger partial charge >= 0.3 is 6.03 Å². The summed E-state index contributed by atoms with van der Waals surface area (Å²) in [6.45, 7) is 5.12. The van der Waals surface area contributed by atoms with Crippen LogP contribution in [0.1, 0.15) is 46.0 Å². The van der Waals surface area contributed by atoms with Crippen molar-refractivity contribution < 1.29 is 9.53 Å². The second-order valence-electron chi connectivity index (χ2n) is 6.34. The molecule has 2 fully saturated rings. The molecule has 0 aromatic heterocycles. The van der Waals surface area contributed by atoms with E-state index in [4.69, 9.17) is 4.74 Å². The molecule has 7 heteroatoms. The van der Waals surface area contributed by atoms with Crippen molar-refractivity contribution in [3.05, 3.63) is 0 Å². The highest BCUT2D eigenvalue weighted by Gasteiger charge is 2.27. The zero-order valence-corrected chi connectivity index (χ0v) is 13.9. The molecule has 128 valence electrons. The van der Waals surface area contributed by atoms with Crippen LogP contribution in [0.4, 0.5) is 4.79 Å². The number of nitrogens with one attached hydrogen (secondary N) is 5. The van der Waals surface area contributed by atoms with Crippen LogP contribution >= 0.6 is 0 Å². The Bertz CT molecular complexity index is 347. The van der Waals surface area contributed by atoms with Gasteiger partial charge in [-0.2, -0.15) is 0 Å². The Kier molecular flexibility index (Phi) is 6.88. The molecule has 0 radical (unpaired) electrons. The van der Waals surface area contributed by atoms with Gasteiger partial charge in [0, 0.05) is 19.2 Å². The summed E-state index contributed by atoms with van der Waals surface area (Å²) in [5.41, 5.74) is 0. The normalized spacial score (nSPS) is 35.9. The third-order valence-corrected chi connectivity index (χ3v) is 4.48. The van der Waals surface area contributed by atoms with Crippen molar-refractivity contribution in [1.82, 2.24) is 26.6 Å². The monoisotopic (exact) mass is 313 g/mol. The van der Waals surface area contributed by atoms with Crippen molar-refractivity contribution in [1.29, 1.82) is 0 Å². The van der Waals surface area contributed by atoms with E-state index in [2.05, 4.69) is 40.4 Å². The second-order valence-corrected chi connectivity index (χ2v) is 6.34. The molecular weight excluding hydrogens is 282 g/mol. The molecule has 0 aromatic carbocycles. The molecule has 0 aromatic rings. The van der Waals surface area contributed by atoms with Gasteiger partial charge in [-0.05, 0) is 45.6 Å². The third-order valence-electron chi connectivity index (χ3n) is 4.48. The first-order valence-corrected chi connectivity index (χ1v) is 8.46. The molecule has 1 aliphatic heterocycles. The maximum absolute atomic E-state index is 12.1. The molecule has 2 aliphatic rings. The number of hydrogen-bond donors (Lipinski definition) is 5. The highest BCUT2D eigenvalue weighted by Crippen LogP contribution is 2.20. The van der Waals surface area contributed by atoms with Crippen LogP contribution in [0.5, 0.6) is 0 Å². The van der Waals surface area contributed by atoms with Crippen LogP contribution in [0, 0.1) is 0 Å². The largest absolute Gasteiger partial charge is 0.381 e. The van der Waals surface area contributed by atoms with Crippen molar-refractivity contribution in [2.45, 2.75) is 76.6 Å². The van der Waals surface area contributed by atoms with E-state index in [1.807, 2.05) is 0 Å². The summed E-state index contributed by atoms with van der Waals surface area (Å²) in [4.78, 5) is 12.1. The Hall–Kier alpha value is -0.890. The summed E-state index contributed by atoms with van der Waals surface area (Å²) in [5.74, 6) is 0. The van der Waals surface area contributed by atoms with E-state index in [1.165, 1.54) is 0 Å². The molecule has 3 unspecified atom stereocenters. The predicted octanol–water partition coefficient (Wildman–Crippen LogP) is 0.434. The highest BCUT2D eigenvalue weighted by molar-refractivity contribution is 5.74. The van der Waals surface area contributed by atoms with Gasteiger partial charge in [0.15, 0.2) is 0 Å². The molecule has 22 heavy (non-hydrogen) atoms. The highest BCUT2D eigenvalue weighted by atomic mass is 16.5. The molecule has 2 amide bonds. The Morgan fingerprint density at radius 2 is 1.91 bits per heavy atom. The van der Waals surface area contributed by atoms with E-state index in [9.17, 15) is 4.79 Å². The minimum Gasteiger partial charge on any atom is -0.381 e. The van der Waals surface area contributed by atoms with Crippen molar-refractivity contribution in [3.8, 4) is 0 Å². The van der Waals surface area contributed by atoms with E-state index in [0.717, 1.165) is 38.6 Å². The summed E-state index contributed by atoms with van der Waals surface area (Å²) in [7, 11) is 1.76. The summed E-state index contributed by atoms with van der Waals surface area (Å²) in [6.07, 6.45) is 5.36. The van der Waals surface area contributed by atoms with Gasteiger partial charge in [0.1, 0.15) is 6.29 Å². The summed E-state index contributed by atoms with van der Waals surface area (Å²) in [6, 6.07) is 0.486. The van der Waals surface area contributed by atoms with Gasteiger partial charge in [-0.25, -0.2) is 4.79 Å². The maximum atomic E-state index is 12.1. The predicted molar refractivity (Wildman–Crippen MR) is 86.3 cm³/mol. The second kappa shape index (κ2) is 8.67. The molecular formula is C15H31N5O2. The lowest BCUT2D eigenvalue weighted by Gasteiger charge is -2.37. The van der Waals surface area contributed by atoms with Crippen molar-refractivity contribution in [2.24, 2.45) is 0 Å². The van der Waals surface area contributed by atoms with Crippen molar-refractivity contribution in [2.75, 3.05) is 13.7 Å². The van der Waals surface area contributed by atoms with Crippen LogP contribution in [-0.4, -0.2) is 50.3 Å². The van der Waals surface area contributed by atoms with E-state index in [0.29, 0.717) is 12.1 Å². The van der Waals surface area contributed by atoms with Crippen LogP contribution < -0.4 is 26.6 Å². The first-order chi connectivity index (χ1) is 10.6. The average Bonchev–Trinajstić information content (AvgIpc) is 2.47. The van der Waals surface area contributed by atoms with E-state index in [1.54, 1.807) is 7.11 Å². The first kappa shape index (κ1) is 17.5. The molecule has 0 spiro atoms. The van der Waals surface area contributed by atoms with Crippen LogP contribution in [0.25, 0.3) is 0 Å². The van der Waals surface area contributed by atoms with Crippen LogP contribution in [0.3, 0.4) is 0 Å². The molecule has 2 rings (SSSR count). The lowest BCUT2D eigenvalue weighted by Crippen LogP contribution is -2.68. The van der Waals surface area contributed by atoms with E-state index in [-0.39, 0.29) is 24.5 Å². The van der Waals surface area contributed by atoms with Crippen LogP contribution in [0.15, 0.2) is 0 Å². The number of ether oxygens (including phenoxy) is 1. The Morgan fingerprint density at radius 3 is 2.55 bits per heavy atom. The molecule has 1 saturated carbocycles. The Balaban J connectivity index is 1.72. The number of hydrogen-bond acceptors (Lipinski definition) is 5. The van der Waals surface area contributed by atoms with E-state index < -0.39 is 0 Å². The lowest BCUT2D eigenvalue weighted by atomic mass is 9.93. The standard InChI is InChI=1S/C15H31N5O2/c1-4-16-13-9-10(2)17-14(19-13)20-15(21)18-11-5-7-12(22-3)8-6-11/h10-14,16-17,19H,4-9H2,1-3H3,(H2,18,20,21). The lowest BCUT2D eigenvalue weighted by molar-refractivity contribution is 0.0633. The Morgan fingerprint density at radius 1 is 1.18 bits per heavy atom. The number of carbonyl (C=O) groups is 1. The molecule has 1 heterocycles. The molecule has 0 bridgehead atoms. The fraction of sp³-hybridized carbons (Fsp3) is 0.933. The zero-order chi connectivity index (χ0) is 15.9. The van der Waals surface area contributed by atoms with Gasteiger partial charge in [0.2, 0.25) is 0 Å². The van der Waals surface area contributed by atoms with Gasteiger partial charge in [0.05, 0.1) is 12.3 Å². The fourth-order valence-corrected chi connectivity index (χ4v) is 3.30. The molecule has 1 aliphatic carbocycles. The van der Waals surface area contributed by atoms with Crippen molar-refractivity contribution in [3.63, 3.8) is 0 Å². The number of amides is 2. The maximum Gasteiger partial charge on any atom is 0.317 e. The summed E-state index contributed by atoms with van der Waals surface area (Å²) >= 11 is 0. The number of urea groups is 1. The molecule has 1 saturated heterocycles. The fourth-order valence-electron chi connectivity index (χ4n) is 3.30. The number of carbonyl (C=O) groups excluding carboxylic acids is 1. The topological polar surface area (TPSA) is 86.5 Å². The average molecular weight is 313 g/mol. The number of rotatable bonds is 5. The number of methoxy groups -OCH3 is 1. The van der Waals surface area contributed by atoms with Gasteiger partial charge in [-0.1, -0.05) is 6.92 Å². The molecule has 3 atom stereocenters. The van der Waals surface area contributed by atoms with Gasteiger partial charge in [-0.3, -0.25) is 10.6 Å². The molecule has 7 nitrogen and oxygen atoms in total. The van der Waals surface area contributed by atoms with Gasteiger partial charge in [0.25, 0.3) is 0 Å². The van der Waals surface area contributed by atoms with Gasteiger partial charge < -0.3 is 20.7 Å². The SMILES string of the molecule is CCNC1CC(C)NC(NC(=O)NC2CCC(OC)CC2)N1.